The van der Waals surface area contributed by atoms with E-state index in [9.17, 15) is 0 Å². The maximum Gasteiger partial charge on any atom is 0.0777 e. The molecule has 3 nitrogen and oxygen atoms in total. The molecule has 0 amide bonds. The van der Waals surface area contributed by atoms with Crippen molar-refractivity contribution < 1.29 is 4.74 Å². The quantitative estimate of drug-likeness (QED) is 0.812. The van der Waals surface area contributed by atoms with Crippen molar-refractivity contribution in [2.75, 3.05) is 33.3 Å². The van der Waals surface area contributed by atoms with Gasteiger partial charge in [-0.3, -0.25) is 4.90 Å². The van der Waals surface area contributed by atoms with Crippen LogP contribution in [0.4, 0.5) is 0 Å². The summed E-state index contributed by atoms with van der Waals surface area (Å²) in [6.45, 7) is 11.6. The van der Waals surface area contributed by atoms with E-state index in [4.69, 9.17) is 4.74 Å². The van der Waals surface area contributed by atoms with Crippen LogP contribution in [0, 0.1) is 5.41 Å². The average molecular weight is 296 g/mol. The molecule has 0 aromatic heterocycles. The van der Waals surface area contributed by atoms with Gasteiger partial charge in [-0.25, -0.2) is 0 Å². The van der Waals surface area contributed by atoms with Crippen LogP contribution in [-0.2, 0) is 4.74 Å². The highest BCUT2D eigenvalue weighted by molar-refractivity contribution is 4.92. The van der Waals surface area contributed by atoms with E-state index in [0.29, 0.717) is 11.5 Å². The third-order valence-corrected chi connectivity index (χ3v) is 5.59. The number of nitrogens with zero attached hydrogens (tertiary/aromatic N) is 1. The monoisotopic (exact) mass is 296 g/mol. The number of ether oxygens (including phenoxy) is 1. The maximum absolute atomic E-state index is 5.77. The largest absolute Gasteiger partial charge is 0.377 e. The van der Waals surface area contributed by atoms with Gasteiger partial charge in [-0.2, -0.15) is 0 Å². The summed E-state index contributed by atoms with van der Waals surface area (Å²) in [6, 6.07) is 0.592. The highest BCUT2D eigenvalue weighted by Crippen LogP contribution is 2.38. The molecule has 0 bridgehead atoms. The molecule has 1 aliphatic heterocycles. The van der Waals surface area contributed by atoms with Crippen LogP contribution in [0.2, 0.25) is 0 Å². The molecule has 0 aromatic rings. The zero-order chi connectivity index (χ0) is 15.3. The number of hydrogen-bond donors (Lipinski definition) is 1. The molecule has 1 unspecified atom stereocenters. The second-order valence-corrected chi connectivity index (χ2v) is 8.06. The minimum atomic E-state index is 0.0690. The van der Waals surface area contributed by atoms with Gasteiger partial charge in [-0.05, 0) is 44.6 Å². The highest BCUT2D eigenvalue weighted by atomic mass is 16.5. The van der Waals surface area contributed by atoms with E-state index in [2.05, 4.69) is 31.0 Å². The molecule has 1 heterocycles. The van der Waals surface area contributed by atoms with Crippen LogP contribution in [0.25, 0.3) is 0 Å². The van der Waals surface area contributed by atoms with Gasteiger partial charge in [-0.15, -0.1) is 0 Å². The predicted octanol–water partition coefficient (Wildman–Crippen LogP) is 3.44. The second-order valence-electron chi connectivity index (χ2n) is 8.06. The molecule has 1 saturated carbocycles. The van der Waals surface area contributed by atoms with Crippen LogP contribution in [0.3, 0.4) is 0 Å². The van der Waals surface area contributed by atoms with Gasteiger partial charge in [0.05, 0.1) is 5.60 Å². The van der Waals surface area contributed by atoms with E-state index in [1.54, 1.807) is 0 Å². The molecule has 1 atom stereocenters. The van der Waals surface area contributed by atoms with Crippen molar-refractivity contribution in [2.24, 2.45) is 5.41 Å². The van der Waals surface area contributed by atoms with Crippen molar-refractivity contribution in [3.63, 3.8) is 0 Å². The Morgan fingerprint density at radius 2 is 1.81 bits per heavy atom. The van der Waals surface area contributed by atoms with E-state index in [-0.39, 0.29) is 5.60 Å². The first-order valence-corrected chi connectivity index (χ1v) is 8.98. The van der Waals surface area contributed by atoms with Crippen molar-refractivity contribution in [3.8, 4) is 0 Å². The summed E-state index contributed by atoms with van der Waals surface area (Å²) in [5, 5.41) is 3.72. The number of piperidine rings is 1. The molecule has 3 heteroatoms. The molecule has 21 heavy (non-hydrogen) atoms. The Morgan fingerprint density at radius 3 is 2.43 bits per heavy atom. The number of likely N-dealkylation sites (tertiary alicyclic amines) is 1. The smallest absolute Gasteiger partial charge is 0.0777 e. The van der Waals surface area contributed by atoms with E-state index < -0.39 is 0 Å². The fourth-order valence-corrected chi connectivity index (χ4v) is 4.20. The average Bonchev–Trinajstić information content (AvgIpc) is 2.46. The van der Waals surface area contributed by atoms with Crippen LogP contribution in [0.1, 0.15) is 65.7 Å². The van der Waals surface area contributed by atoms with Gasteiger partial charge in [0.15, 0.2) is 0 Å². The molecule has 1 saturated heterocycles. The summed E-state index contributed by atoms with van der Waals surface area (Å²) in [4.78, 5) is 2.68. The summed E-state index contributed by atoms with van der Waals surface area (Å²) in [5.74, 6) is 0. The number of methoxy groups -OCH3 is 1. The first-order valence-electron chi connectivity index (χ1n) is 8.98. The third-order valence-electron chi connectivity index (χ3n) is 5.59. The molecule has 1 aliphatic carbocycles. The Bertz CT molecular complexity index is 312. The number of rotatable bonds is 6. The molecule has 2 fully saturated rings. The van der Waals surface area contributed by atoms with Crippen molar-refractivity contribution in [2.45, 2.75) is 77.4 Å². The molecule has 2 rings (SSSR count). The highest BCUT2D eigenvalue weighted by Gasteiger charge is 2.37. The van der Waals surface area contributed by atoms with Crippen LogP contribution in [0.15, 0.2) is 0 Å². The van der Waals surface area contributed by atoms with Crippen molar-refractivity contribution in [1.29, 1.82) is 0 Å². The van der Waals surface area contributed by atoms with Gasteiger partial charge < -0.3 is 10.1 Å². The predicted molar refractivity (Wildman–Crippen MR) is 89.7 cm³/mol. The van der Waals surface area contributed by atoms with Gasteiger partial charge in [0.1, 0.15) is 0 Å². The fraction of sp³-hybridized carbons (Fsp3) is 1.00. The molecule has 2 aliphatic rings. The van der Waals surface area contributed by atoms with Gasteiger partial charge in [0.25, 0.3) is 0 Å². The van der Waals surface area contributed by atoms with Crippen LogP contribution < -0.4 is 5.32 Å². The van der Waals surface area contributed by atoms with Gasteiger partial charge >= 0.3 is 0 Å². The maximum atomic E-state index is 5.77. The minimum absolute atomic E-state index is 0.0690. The van der Waals surface area contributed by atoms with Crippen molar-refractivity contribution in [1.82, 2.24) is 10.2 Å². The molecule has 0 spiro atoms. The number of nitrogens with one attached hydrogen (secondary N) is 1. The molecular formula is C18H36N2O. The van der Waals surface area contributed by atoms with E-state index in [1.807, 2.05) is 7.11 Å². The Kier molecular flexibility index (Phi) is 6.10. The minimum Gasteiger partial charge on any atom is -0.377 e. The third kappa shape index (κ3) is 4.94. The Balaban J connectivity index is 1.97. The zero-order valence-electron chi connectivity index (χ0n) is 14.7. The van der Waals surface area contributed by atoms with Crippen LogP contribution in [-0.4, -0.2) is 49.8 Å². The lowest BCUT2D eigenvalue weighted by Gasteiger charge is -2.46. The SMILES string of the molecule is COC1(C)CCCN(CC2(CNC(C)C)CCCCC2)C1. The van der Waals surface area contributed by atoms with E-state index in [1.165, 1.54) is 64.6 Å². The van der Waals surface area contributed by atoms with E-state index >= 15 is 0 Å². The summed E-state index contributed by atoms with van der Waals surface area (Å²) >= 11 is 0. The van der Waals surface area contributed by atoms with E-state index in [0.717, 1.165) is 6.54 Å². The van der Waals surface area contributed by atoms with Crippen LogP contribution >= 0.6 is 0 Å². The molecule has 0 aromatic carbocycles. The Hall–Kier alpha value is -0.120. The zero-order valence-corrected chi connectivity index (χ0v) is 14.7. The first kappa shape index (κ1) is 17.2. The van der Waals surface area contributed by atoms with Crippen molar-refractivity contribution in [3.05, 3.63) is 0 Å². The molecule has 0 radical (unpaired) electrons. The molecular weight excluding hydrogens is 260 g/mol. The summed E-state index contributed by atoms with van der Waals surface area (Å²) in [7, 11) is 1.88. The standard InChI is InChI=1S/C18H36N2O/c1-16(2)19-13-18(10-6-5-7-11-18)15-20-12-8-9-17(3,14-20)21-4/h16,19H,5-15H2,1-4H3. The summed E-state index contributed by atoms with van der Waals surface area (Å²) < 4.78 is 5.77. The Morgan fingerprint density at radius 1 is 1.10 bits per heavy atom. The lowest BCUT2D eigenvalue weighted by atomic mass is 9.73. The van der Waals surface area contributed by atoms with Crippen molar-refractivity contribution >= 4 is 0 Å². The number of hydrogen-bond acceptors (Lipinski definition) is 3. The van der Waals surface area contributed by atoms with Gasteiger partial charge in [0.2, 0.25) is 0 Å². The molecule has 124 valence electrons. The Labute approximate surface area is 131 Å². The molecule has 1 N–H and O–H groups in total. The lowest BCUT2D eigenvalue weighted by molar-refractivity contribution is -0.0621. The fourth-order valence-electron chi connectivity index (χ4n) is 4.20. The second kappa shape index (κ2) is 7.43. The van der Waals surface area contributed by atoms with Gasteiger partial charge in [0, 0.05) is 32.8 Å². The lowest BCUT2D eigenvalue weighted by Crippen LogP contribution is -2.53. The topological polar surface area (TPSA) is 24.5 Å². The normalized spacial score (nSPS) is 30.7. The summed E-state index contributed by atoms with van der Waals surface area (Å²) in [5.41, 5.74) is 0.564. The first-order chi connectivity index (χ1) is 9.97. The van der Waals surface area contributed by atoms with Crippen LogP contribution in [0.5, 0.6) is 0 Å². The van der Waals surface area contributed by atoms with Gasteiger partial charge in [-0.1, -0.05) is 33.1 Å². The summed E-state index contributed by atoms with van der Waals surface area (Å²) in [6.07, 6.45) is 9.53.